The van der Waals surface area contributed by atoms with E-state index in [0.717, 1.165) is 49.1 Å². The Balaban J connectivity index is 1.21. The number of para-hydroxylation sites is 1. The highest BCUT2D eigenvalue weighted by molar-refractivity contribution is 6.31. The van der Waals surface area contributed by atoms with E-state index in [1.54, 1.807) is 30.5 Å². The van der Waals surface area contributed by atoms with Crippen LogP contribution < -0.4 is 15.6 Å². The zero-order valence-corrected chi connectivity index (χ0v) is 23.7. The van der Waals surface area contributed by atoms with Crippen molar-refractivity contribution in [1.82, 2.24) is 4.98 Å². The Kier molecular flexibility index (Phi) is 7.91. The van der Waals surface area contributed by atoms with E-state index >= 15 is 0 Å². The number of aliphatic hydroxyl groups excluding tert-OH is 1. The van der Waals surface area contributed by atoms with Crippen LogP contribution in [0.1, 0.15) is 53.4 Å². The molecule has 9 heteroatoms. The summed E-state index contributed by atoms with van der Waals surface area (Å²) in [6.45, 7) is 0.565. The number of benzene rings is 3. The molecule has 214 valence electrons. The normalized spacial score (nSPS) is 19.8. The fourth-order valence-electron chi connectivity index (χ4n) is 6.05. The molecule has 4 aromatic rings. The fourth-order valence-corrected chi connectivity index (χ4v) is 6.27. The third kappa shape index (κ3) is 5.73. The molecule has 1 saturated carbocycles. The maximum absolute atomic E-state index is 13.9. The molecule has 6 rings (SSSR count). The van der Waals surface area contributed by atoms with E-state index in [9.17, 15) is 14.3 Å². The number of amides is 1. The van der Waals surface area contributed by atoms with Crippen molar-refractivity contribution in [2.24, 2.45) is 10.5 Å². The fraction of sp³-hybridized carbons (Fsp3) is 0.242. The van der Waals surface area contributed by atoms with Gasteiger partial charge in [0.2, 0.25) is 0 Å². The van der Waals surface area contributed by atoms with Gasteiger partial charge in [-0.2, -0.15) is 5.10 Å². The summed E-state index contributed by atoms with van der Waals surface area (Å²) >= 11 is 6.13. The Morgan fingerprint density at radius 2 is 1.86 bits per heavy atom. The molecule has 1 aliphatic carbocycles. The molecule has 7 nitrogen and oxygen atoms in total. The van der Waals surface area contributed by atoms with E-state index < -0.39 is 12.0 Å². The average molecular weight is 584 g/mol. The van der Waals surface area contributed by atoms with Gasteiger partial charge in [0.1, 0.15) is 11.6 Å². The summed E-state index contributed by atoms with van der Waals surface area (Å²) in [7, 11) is 0. The molecular formula is C33H31ClFN5O2. The second kappa shape index (κ2) is 11.9. The van der Waals surface area contributed by atoms with Gasteiger partial charge in [0.15, 0.2) is 6.23 Å². The molecule has 0 radical (unpaired) electrons. The van der Waals surface area contributed by atoms with Crippen molar-refractivity contribution in [3.8, 4) is 0 Å². The number of fused-ring (bicyclic) bond motifs is 1. The predicted octanol–water partition coefficient (Wildman–Crippen LogP) is 7.21. The summed E-state index contributed by atoms with van der Waals surface area (Å²) < 4.78 is 13.7. The third-order valence-corrected chi connectivity index (χ3v) is 8.55. The summed E-state index contributed by atoms with van der Waals surface area (Å²) in [4.78, 5) is 20.1. The summed E-state index contributed by atoms with van der Waals surface area (Å²) in [6, 6.07) is 24.5. The number of nitrogens with one attached hydrogen (secondary N) is 2. The highest BCUT2D eigenvalue weighted by Crippen LogP contribution is 2.46. The Morgan fingerprint density at radius 3 is 2.67 bits per heavy atom. The molecule has 2 unspecified atom stereocenters. The summed E-state index contributed by atoms with van der Waals surface area (Å²) in [5.74, 6) is 0.126. The number of nitrogens with zero attached hydrogens (tertiary/aromatic N) is 3. The number of halogens is 2. The monoisotopic (exact) mass is 583 g/mol. The highest BCUT2D eigenvalue weighted by Gasteiger charge is 2.43. The molecule has 1 spiro atoms. The van der Waals surface area contributed by atoms with E-state index in [1.165, 1.54) is 18.2 Å². The molecule has 1 aromatic heterocycles. The SMILES string of the molecule is O=C(c1ccc(NC(O)c2cc(F)ccc2Cl)cc1)N1CCC2(CCC/C2=N\Nc2ccccn2)Cc2ccccc21. The lowest BCUT2D eigenvalue weighted by atomic mass is 9.76. The van der Waals surface area contributed by atoms with Gasteiger partial charge in [0.05, 0.1) is 0 Å². The Morgan fingerprint density at radius 1 is 1.05 bits per heavy atom. The van der Waals surface area contributed by atoms with Crippen molar-refractivity contribution >= 4 is 40.4 Å². The van der Waals surface area contributed by atoms with Gasteiger partial charge in [-0.25, -0.2) is 9.37 Å². The van der Waals surface area contributed by atoms with Gasteiger partial charge in [-0.1, -0.05) is 35.9 Å². The lowest BCUT2D eigenvalue weighted by molar-refractivity contribution is 0.0985. The molecule has 0 bridgehead atoms. The van der Waals surface area contributed by atoms with Gasteiger partial charge in [0, 0.05) is 51.4 Å². The number of pyridine rings is 1. The lowest BCUT2D eigenvalue weighted by Crippen LogP contribution is -2.35. The van der Waals surface area contributed by atoms with E-state index in [1.807, 2.05) is 41.3 Å². The second-order valence-electron chi connectivity index (χ2n) is 10.8. The van der Waals surface area contributed by atoms with Crippen molar-refractivity contribution < 1.29 is 14.3 Å². The summed E-state index contributed by atoms with van der Waals surface area (Å²) in [5.41, 5.74) is 7.52. The molecule has 2 aliphatic rings. The van der Waals surface area contributed by atoms with Gasteiger partial charge < -0.3 is 15.3 Å². The van der Waals surface area contributed by atoms with Crippen LogP contribution in [0.3, 0.4) is 0 Å². The Labute approximate surface area is 249 Å². The van der Waals surface area contributed by atoms with Crippen LogP contribution in [-0.2, 0) is 6.42 Å². The molecule has 42 heavy (non-hydrogen) atoms. The Bertz CT molecular complexity index is 1610. The highest BCUT2D eigenvalue weighted by atomic mass is 35.5. The number of hydrogen-bond acceptors (Lipinski definition) is 6. The molecular weight excluding hydrogens is 553 g/mol. The van der Waals surface area contributed by atoms with Gasteiger partial charge in [-0.3, -0.25) is 10.2 Å². The van der Waals surface area contributed by atoms with Crippen LogP contribution in [0, 0.1) is 11.2 Å². The van der Waals surface area contributed by atoms with Crippen LogP contribution >= 0.6 is 11.6 Å². The minimum atomic E-state index is -1.21. The van der Waals surface area contributed by atoms with Crippen molar-refractivity contribution in [2.45, 2.75) is 38.3 Å². The van der Waals surface area contributed by atoms with Gasteiger partial charge in [-0.05, 0) is 98.3 Å². The van der Waals surface area contributed by atoms with Crippen LogP contribution in [0.15, 0.2) is 96.2 Å². The molecule has 3 N–H and O–H groups in total. The summed E-state index contributed by atoms with van der Waals surface area (Å²) in [6.07, 6.45) is 5.14. The number of carbonyl (C=O) groups excluding carboxylic acids is 1. The van der Waals surface area contributed by atoms with Gasteiger partial charge in [-0.15, -0.1) is 0 Å². The first-order chi connectivity index (χ1) is 20.4. The first kappa shape index (κ1) is 27.9. The molecule has 1 aliphatic heterocycles. The molecule has 2 heterocycles. The first-order valence-electron chi connectivity index (χ1n) is 14.1. The number of anilines is 3. The summed E-state index contributed by atoms with van der Waals surface area (Å²) in [5, 5.41) is 18.6. The number of aromatic nitrogens is 1. The smallest absolute Gasteiger partial charge is 0.258 e. The minimum Gasteiger partial charge on any atom is -0.369 e. The van der Waals surface area contributed by atoms with Crippen LogP contribution in [0.2, 0.25) is 5.02 Å². The van der Waals surface area contributed by atoms with Crippen molar-refractivity contribution in [3.63, 3.8) is 0 Å². The maximum Gasteiger partial charge on any atom is 0.258 e. The van der Waals surface area contributed by atoms with Gasteiger partial charge >= 0.3 is 0 Å². The minimum absolute atomic E-state index is 0.0946. The lowest BCUT2D eigenvalue weighted by Gasteiger charge is -2.29. The number of hydrogen-bond donors (Lipinski definition) is 3. The van der Waals surface area contributed by atoms with Crippen LogP contribution in [0.25, 0.3) is 0 Å². The van der Waals surface area contributed by atoms with Crippen molar-refractivity contribution in [2.75, 3.05) is 22.2 Å². The molecule has 3 aromatic carbocycles. The molecule has 1 amide bonds. The number of carbonyl (C=O) groups is 1. The van der Waals surface area contributed by atoms with E-state index in [0.29, 0.717) is 23.6 Å². The zero-order chi connectivity index (χ0) is 29.1. The Hall–Kier alpha value is -4.27. The standard InChI is InChI=1S/C33H31ClFN5O2/c34-27-15-12-24(35)20-26(27)31(41)37-25-13-10-22(11-14-25)32(42)40-19-17-33(21-23-6-1-2-7-28(23)40)16-5-8-29(33)38-39-30-9-3-4-18-36-30/h1-4,6-7,9-15,18,20,31,37,41H,5,8,16-17,19,21H2,(H,36,39)/b38-29+. The van der Waals surface area contributed by atoms with E-state index in [-0.39, 0.29) is 21.9 Å². The first-order valence-corrected chi connectivity index (χ1v) is 14.4. The number of hydrazone groups is 1. The second-order valence-corrected chi connectivity index (χ2v) is 11.2. The molecule has 1 fully saturated rings. The topological polar surface area (TPSA) is 89.9 Å². The zero-order valence-electron chi connectivity index (χ0n) is 22.9. The maximum atomic E-state index is 13.9. The van der Waals surface area contributed by atoms with Gasteiger partial charge in [0.25, 0.3) is 5.91 Å². The largest absolute Gasteiger partial charge is 0.369 e. The molecule has 2 atom stereocenters. The van der Waals surface area contributed by atoms with Crippen LogP contribution in [-0.4, -0.2) is 28.3 Å². The number of aliphatic hydroxyl groups is 1. The average Bonchev–Trinajstić information content (AvgIpc) is 3.31. The van der Waals surface area contributed by atoms with Crippen molar-refractivity contribution in [1.29, 1.82) is 0 Å². The molecule has 0 saturated heterocycles. The van der Waals surface area contributed by atoms with Crippen molar-refractivity contribution in [3.05, 3.63) is 119 Å². The van der Waals surface area contributed by atoms with Crippen LogP contribution in [0.5, 0.6) is 0 Å². The van der Waals surface area contributed by atoms with Crippen LogP contribution in [0.4, 0.5) is 21.6 Å². The predicted molar refractivity (Wildman–Crippen MR) is 164 cm³/mol. The third-order valence-electron chi connectivity index (χ3n) is 8.21. The van der Waals surface area contributed by atoms with E-state index in [2.05, 4.69) is 21.8 Å². The number of rotatable bonds is 6. The van der Waals surface area contributed by atoms with E-state index in [4.69, 9.17) is 16.7 Å². The quantitative estimate of drug-likeness (QED) is 0.165.